The van der Waals surface area contributed by atoms with Crippen molar-refractivity contribution in [3.8, 4) is 0 Å². The van der Waals surface area contributed by atoms with E-state index in [2.05, 4.69) is 0 Å². The molecule has 0 aliphatic rings. The summed E-state index contributed by atoms with van der Waals surface area (Å²) in [5, 5.41) is 0.998. The number of ether oxygens (including phenoxy) is 2. The fraction of sp³-hybridized carbons (Fsp3) is 0.136. The molecule has 0 unspecified atom stereocenters. The first-order valence-corrected chi connectivity index (χ1v) is 8.96. The highest BCUT2D eigenvalue weighted by Crippen LogP contribution is 2.27. The molecule has 0 N–H and O–H groups in total. The zero-order valence-electron chi connectivity index (χ0n) is 15.5. The van der Waals surface area contributed by atoms with Crippen LogP contribution in [0.25, 0.3) is 21.9 Å². The molecule has 0 bridgehead atoms. The molecule has 4 aromatic rings. The maximum absolute atomic E-state index is 12.5. The van der Waals surface area contributed by atoms with Crippen molar-refractivity contribution in [3.05, 3.63) is 81.9 Å². The minimum Gasteiger partial charge on any atom is -0.460 e. The van der Waals surface area contributed by atoms with E-state index in [-0.39, 0.29) is 35.7 Å². The molecule has 0 amide bonds. The predicted octanol–water partition coefficient (Wildman–Crippen LogP) is 4.07. The first kappa shape index (κ1) is 18.5. The van der Waals surface area contributed by atoms with Crippen LogP contribution in [0.1, 0.15) is 33.6 Å². The zero-order valence-corrected chi connectivity index (χ0v) is 15.5. The molecular formula is C22H16O7. The monoisotopic (exact) mass is 392 g/mol. The number of para-hydroxylation sites is 2. The highest BCUT2D eigenvalue weighted by molar-refractivity contribution is 5.96. The van der Waals surface area contributed by atoms with Crippen LogP contribution in [-0.4, -0.2) is 18.5 Å². The van der Waals surface area contributed by atoms with E-state index in [1.54, 1.807) is 55.5 Å². The van der Waals surface area contributed by atoms with Crippen molar-refractivity contribution in [3.63, 3.8) is 0 Å². The van der Waals surface area contributed by atoms with Crippen LogP contribution < -0.4 is 5.43 Å². The highest BCUT2D eigenvalue weighted by atomic mass is 16.6. The largest absolute Gasteiger partial charge is 0.460 e. The normalized spacial score (nSPS) is 10.9. The van der Waals surface area contributed by atoms with Gasteiger partial charge in [0, 0.05) is 11.5 Å². The molecule has 0 atom stereocenters. The highest BCUT2D eigenvalue weighted by Gasteiger charge is 2.23. The number of esters is 2. The summed E-state index contributed by atoms with van der Waals surface area (Å²) in [4.78, 5) is 36.9. The van der Waals surface area contributed by atoms with E-state index in [1.165, 1.54) is 0 Å². The molecule has 7 nitrogen and oxygen atoms in total. The molecule has 2 heterocycles. The van der Waals surface area contributed by atoms with Crippen molar-refractivity contribution in [2.45, 2.75) is 13.5 Å². The van der Waals surface area contributed by atoms with Crippen molar-refractivity contribution >= 4 is 33.9 Å². The lowest BCUT2D eigenvalue weighted by Gasteiger charge is -2.06. The van der Waals surface area contributed by atoms with Crippen LogP contribution in [0.2, 0.25) is 0 Å². The Kier molecular flexibility index (Phi) is 4.87. The lowest BCUT2D eigenvalue weighted by Crippen LogP contribution is -2.12. The second-order valence-corrected chi connectivity index (χ2v) is 6.17. The number of hydrogen-bond donors (Lipinski definition) is 0. The molecule has 0 fully saturated rings. The summed E-state index contributed by atoms with van der Waals surface area (Å²) in [6.07, 6.45) is 0. The van der Waals surface area contributed by atoms with Gasteiger partial charge in [-0.25, -0.2) is 9.59 Å². The van der Waals surface area contributed by atoms with Crippen molar-refractivity contribution in [1.82, 2.24) is 0 Å². The first-order valence-electron chi connectivity index (χ1n) is 8.96. The van der Waals surface area contributed by atoms with Gasteiger partial charge in [-0.1, -0.05) is 30.3 Å². The average Bonchev–Trinajstić information content (AvgIpc) is 3.11. The molecule has 2 aromatic heterocycles. The Morgan fingerprint density at radius 3 is 2.24 bits per heavy atom. The minimum absolute atomic E-state index is 0.0270. The van der Waals surface area contributed by atoms with Crippen LogP contribution in [0.15, 0.2) is 68.2 Å². The Morgan fingerprint density at radius 1 is 0.862 bits per heavy atom. The SMILES string of the molecule is CCOC(=O)c1oc2ccccc2c1COC(=O)c1cc(=O)c2ccccc2o1. The number of rotatable bonds is 5. The van der Waals surface area contributed by atoms with E-state index in [0.717, 1.165) is 6.07 Å². The Hall–Kier alpha value is -3.87. The van der Waals surface area contributed by atoms with E-state index in [9.17, 15) is 14.4 Å². The van der Waals surface area contributed by atoms with Crippen molar-refractivity contribution in [2.75, 3.05) is 6.61 Å². The van der Waals surface area contributed by atoms with Crippen LogP contribution in [0.5, 0.6) is 0 Å². The van der Waals surface area contributed by atoms with Gasteiger partial charge in [-0.3, -0.25) is 4.79 Å². The maximum Gasteiger partial charge on any atom is 0.374 e. The van der Waals surface area contributed by atoms with Crippen LogP contribution >= 0.6 is 0 Å². The van der Waals surface area contributed by atoms with E-state index < -0.39 is 11.9 Å². The van der Waals surface area contributed by atoms with Crippen LogP contribution in [0.4, 0.5) is 0 Å². The number of benzene rings is 2. The van der Waals surface area contributed by atoms with Gasteiger partial charge in [0.2, 0.25) is 11.5 Å². The third kappa shape index (κ3) is 3.50. The van der Waals surface area contributed by atoms with Gasteiger partial charge in [0.25, 0.3) is 0 Å². The van der Waals surface area contributed by atoms with E-state index in [1.807, 2.05) is 0 Å². The Bertz CT molecular complexity index is 1280. The molecule has 29 heavy (non-hydrogen) atoms. The number of carbonyl (C=O) groups excluding carboxylic acids is 2. The third-order valence-corrected chi connectivity index (χ3v) is 4.34. The fourth-order valence-corrected chi connectivity index (χ4v) is 3.02. The van der Waals surface area contributed by atoms with Gasteiger partial charge in [-0.15, -0.1) is 0 Å². The Labute approximate surface area is 164 Å². The molecule has 4 rings (SSSR count). The van der Waals surface area contributed by atoms with Crippen molar-refractivity contribution in [1.29, 1.82) is 0 Å². The molecule has 0 saturated heterocycles. The van der Waals surface area contributed by atoms with Gasteiger partial charge in [0.15, 0.2) is 5.43 Å². The summed E-state index contributed by atoms with van der Waals surface area (Å²) in [5.41, 5.74) is 0.794. The topological polar surface area (TPSA) is 96.0 Å². The van der Waals surface area contributed by atoms with E-state index in [0.29, 0.717) is 21.9 Å². The Morgan fingerprint density at radius 2 is 1.52 bits per heavy atom. The van der Waals surface area contributed by atoms with Gasteiger partial charge in [-0.2, -0.15) is 0 Å². The third-order valence-electron chi connectivity index (χ3n) is 4.34. The standard InChI is InChI=1S/C22H16O7/c1-2-26-22(25)20-15(13-7-3-5-9-17(13)29-20)12-27-21(24)19-11-16(23)14-8-4-6-10-18(14)28-19/h3-11H,2,12H2,1H3. The predicted molar refractivity (Wildman–Crippen MR) is 104 cm³/mol. The number of hydrogen-bond acceptors (Lipinski definition) is 7. The smallest absolute Gasteiger partial charge is 0.374 e. The summed E-state index contributed by atoms with van der Waals surface area (Å²) in [5.74, 6) is -1.72. The molecule has 0 aliphatic heterocycles. The van der Waals surface area contributed by atoms with Gasteiger partial charge in [0.05, 0.1) is 17.6 Å². The van der Waals surface area contributed by atoms with E-state index in [4.69, 9.17) is 18.3 Å². The summed E-state index contributed by atoms with van der Waals surface area (Å²) in [7, 11) is 0. The molecule has 2 aromatic carbocycles. The second-order valence-electron chi connectivity index (χ2n) is 6.17. The molecule has 0 saturated carbocycles. The maximum atomic E-state index is 12.5. The van der Waals surface area contributed by atoms with Crippen LogP contribution in [0, 0.1) is 0 Å². The van der Waals surface area contributed by atoms with Crippen LogP contribution in [0.3, 0.4) is 0 Å². The summed E-state index contributed by atoms with van der Waals surface area (Å²) in [6, 6.07) is 14.7. The first-order chi connectivity index (χ1) is 14.1. The molecule has 0 aliphatic carbocycles. The Balaban J connectivity index is 1.64. The average molecular weight is 392 g/mol. The van der Waals surface area contributed by atoms with Gasteiger partial charge in [-0.05, 0) is 25.1 Å². The minimum atomic E-state index is -0.826. The summed E-state index contributed by atoms with van der Waals surface area (Å²) >= 11 is 0. The zero-order chi connectivity index (χ0) is 20.4. The summed E-state index contributed by atoms with van der Waals surface area (Å²) < 4.78 is 21.4. The van der Waals surface area contributed by atoms with Gasteiger partial charge >= 0.3 is 11.9 Å². The second kappa shape index (κ2) is 7.63. The van der Waals surface area contributed by atoms with Crippen molar-refractivity contribution in [2.24, 2.45) is 0 Å². The molecule has 0 spiro atoms. The number of fused-ring (bicyclic) bond motifs is 2. The fourth-order valence-electron chi connectivity index (χ4n) is 3.02. The molecular weight excluding hydrogens is 376 g/mol. The number of furan rings is 1. The van der Waals surface area contributed by atoms with Crippen molar-refractivity contribution < 1.29 is 27.9 Å². The quantitative estimate of drug-likeness (QED) is 0.472. The molecule has 146 valence electrons. The molecule has 0 radical (unpaired) electrons. The lowest BCUT2D eigenvalue weighted by molar-refractivity contribution is 0.0411. The van der Waals surface area contributed by atoms with Gasteiger partial charge < -0.3 is 18.3 Å². The molecule has 7 heteroatoms. The summed E-state index contributed by atoms with van der Waals surface area (Å²) in [6.45, 7) is 1.61. The lowest BCUT2D eigenvalue weighted by atomic mass is 10.1. The van der Waals surface area contributed by atoms with Crippen LogP contribution in [-0.2, 0) is 16.1 Å². The van der Waals surface area contributed by atoms with E-state index >= 15 is 0 Å². The number of carbonyl (C=O) groups is 2. The van der Waals surface area contributed by atoms with Gasteiger partial charge in [0.1, 0.15) is 17.8 Å².